The SMILES string of the molecule is O=C1Oc2ccccc2-c2ccccc2N1Cc1ccccc1. The van der Waals surface area contributed by atoms with E-state index in [1.165, 1.54) is 0 Å². The maximum absolute atomic E-state index is 12.6. The lowest BCUT2D eigenvalue weighted by Gasteiger charge is -2.21. The molecule has 0 aliphatic carbocycles. The van der Waals surface area contributed by atoms with Crippen molar-refractivity contribution < 1.29 is 9.53 Å². The predicted molar refractivity (Wildman–Crippen MR) is 90.5 cm³/mol. The number of anilines is 1. The van der Waals surface area contributed by atoms with E-state index in [1.807, 2.05) is 78.9 Å². The van der Waals surface area contributed by atoms with E-state index in [2.05, 4.69) is 0 Å². The van der Waals surface area contributed by atoms with Crippen LogP contribution in [0.15, 0.2) is 78.9 Å². The summed E-state index contributed by atoms with van der Waals surface area (Å²) in [6.45, 7) is 0.477. The minimum absolute atomic E-state index is 0.355. The number of carbonyl (C=O) groups is 1. The zero-order chi connectivity index (χ0) is 15.6. The Labute approximate surface area is 134 Å². The van der Waals surface area contributed by atoms with Crippen molar-refractivity contribution in [3.05, 3.63) is 84.4 Å². The van der Waals surface area contributed by atoms with Crippen LogP contribution < -0.4 is 9.64 Å². The van der Waals surface area contributed by atoms with Crippen LogP contribution in [0, 0.1) is 0 Å². The maximum Gasteiger partial charge on any atom is 0.420 e. The lowest BCUT2D eigenvalue weighted by Crippen LogP contribution is -2.32. The molecule has 0 aromatic heterocycles. The highest BCUT2D eigenvalue weighted by atomic mass is 16.6. The Balaban J connectivity index is 1.84. The molecular formula is C20H15NO2. The number of ether oxygens (including phenoxy) is 1. The van der Waals surface area contributed by atoms with Crippen LogP contribution in [0.4, 0.5) is 10.5 Å². The summed E-state index contributed by atoms with van der Waals surface area (Å²) in [6, 6.07) is 25.5. The van der Waals surface area contributed by atoms with Crippen LogP contribution in [0.5, 0.6) is 5.75 Å². The molecule has 3 aromatic carbocycles. The smallest absolute Gasteiger partial charge is 0.409 e. The van der Waals surface area contributed by atoms with E-state index in [9.17, 15) is 4.79 Å². The zero-order valence-corrected chi connectivity index (χ0v) is 12.5. The summed E-state index contributed by atoms with van der Waals surface area (Å²) in [4.78, 5) is 14.3. The molecule has 1 aliphatic heterocycles. The maximum atomic E-state index is 12.6. The van der Waals surface area contributed by atoms with Crippen LogP contribution in [-0.2, 0) is 6.54 Å². The molecule has 0 bridgehead atoms. The summed E-state index contributed by atoms with van der Waals surface area (Å²) in [7, 11) is 0. The fraction of sp³-hybridized carbons (Fsp3) is 0.0500. The van der Waals surface area contributed by atoms with Gasteiger partial charge >= 0.3 is 6.09 Å². The van der Waals surface area contributed by atoms with Crippen LogP contribution in [0.2, 0.25) is 0 Å². The van der Waals surface area contributed by atoms with Crippen LogP contribution >= 0.6 is 0 Å². The van der Waals surface area contributed by atoms with Crippen molar-refractivity contribution in [3.8, 4) is 16.9 Å². The number of fused-ring (bicyclic) bond motifs is 3. The summed E-state index contributed by atoms with van der Waals surface area (Å²) in [5.41, 5.74) is 3.87. The number of rotatable bonds is 2. The van der Waals surface area contributed by atoms with Gasteiger partial charge in [0, 0.05) is 11.1 Å². The first-order chi connectivity index (χ1) is 11.3. The van der Waals surface area contributed by atoms with Crippen molar-refractivity contribution in [2.24, 2.45) is 0 Å². The largest absolute Gasteiger partial charge is 0.420 e. The third kappa shape index (κ3) is 2.46. The Bertz CT molecular complexity index is 858. The Kier molecular flexibility index (Phi) is 3.31. The molecule has 0 radical (unpaired) electrons. The molecule has 0 N–H and O–H groups in total. The van der Waals surface area contributed by atoms with Gasteiger partial charge in [-0.3, -0.25) is 4.90 Å². The summed E-state index contributed by atoms with van der Waals surface area (Å²) in [5, 5.41) is 0. The molecule has 3 aromatic rings. The molecule has 0 fully saturated rings. The Morgan fingerprint density at radius 3 is 2.22 bits per heavy atom. The van der Waals surface area contributed by atoms with Crippen LogP contribution in [0.1, 0.15) is 5.56 Å². The molecule has 0 saturated carbocycles. The summed E-state index contributed by atoms with van der Waals surface area (Å²) in [6.07, 6.45) is -0.355. The first-order valence-electron chi connectivity index (χ1n) is 7.54. The van der Waals surface area contributed by atoms with Gasteiger partial charge in [0.2, 0.25) is 0 Å². The molecule has 0 unspecified atom stereocenters. The average Bonchev–Trinajstić information content (AvgIpc) is 2.72. The molecule has 1 amide bonds. The van der Waals surface area contributed by atoms with Crippen molar-refractivity contribution in [3.63, 3.8) is 0 Å². The fourth-order valence-corrected chi connectivity index (χ4v) is 2.88. The number of amides is 1. The number of hydrogen-bond acceptors (Lipinski definition) is 2. The lowest BCUT2D eigenvalue weighted by atomic mass is 10.0. The Hall–Kier alpha value is -3.07. The first-order valence-corrected chi connectivity index (χ1v) is 7.54. The van der Waals surface area contributed by atoms with Gasteiger partial charge in [0.05, 0.1) is 12.2 Å². The fourth-order valence-electron chi connectivity index (χ4n) is 2.88. The van der Waals surface area contributed by atoms with Crippen molar-refractivity contribution in [2.45, 2.75) is 6.54 Å². The van der Waals surface area contributed by atoms with E-state index in [4.69, 9.17) is 4.74 Å². The van der Waals surface area contributed by atoms with Gasteiger partial charge in [-0.1, -0.05) is 66.7 Å². The number of nitrogens with zero attached hydrogens (tertiary/aromatic N) is 1. The number of benzene rings is 3. The first kappa shape index (κ1) is 13.6. The summed E-state index contributed by atoms with van der Waals surface area (Å²) in [5.74, 6) is 0.598. The molecule has 0 spiro atoms. The molecule has 3 heteroatoms. The van der Waals surface area contributed by atoms with Crippen LogP contribution in [0.3, 0.4) is 0 Å². The quantitative estimate of drug-likeness (QED) is 0.675. The Morgan fingerprint density at radius 1 is 0.739 bits per heavy atom. The number of para-hydroxylation sites is 2. The molecule has 3 nitrogen and oxygen atoms in total. The standard InChI is InChI=1S/C20H15NO2/c22-20-21(14-15-8-2-1-3-9-15)18-12-6-4-10-16(18)17-11-5-7-13-19(17)23-20/h1-13H,14H2. The zero-order valence-electron chi connectivity index (χ0n) is 12.5. The van der Waals surface area contributed by atoms with Crippen LogP contribution in [0.25, 0.3) is 11.1 Å². The summed E-state index contributed by atoms with van der Waals surface area (Å²) < 4.78 is 5.61. The highest BCUT2D eigenvalue weighted by Gasteiger charge is 2.27. The molecular weight excluding hydrogens is 286 g/mol. The van der Waals surface area contributed by atoms with Gasteiger partial charge in [-0.05, 0) is 17.7 Å². The van der Waals surface area contributed by atoms with Gasteiger partial charge in [-0.2, -0.15) is 0 Å². The molecule has 112 valence electrons. The third-order valence-electron chi connectivity index (χ3n) is 3.97. The topological polar surface area (TPSA) is 29.5 Å². The molecule has 4 rings (SSSR count). The van der Waals surface area contributed by atoms with Gasteiger partial charge < -0.3 is 4.74 Å². The van der Waals surface area contributed by atoms with Crippen molar-refractivity contribution in [2.75, 3.05) is 4.90 Å². The second-order valence-corrected chi connectivity index (χ2v) is 5.45. The van der Waals surface area contributed by atoms with E-state index in [1.54, 1.807) is 4.90 Å². The van der Waals surface area contributed by atoms with Gasteiger partial charge in [0.1, 0.15) is 5.75 Å². The normalized spacial score (nSPS) is 12.9. The van der Waals surface area contributed by atoms with Crippen LogP contribution in [-0.4, -0.2) is 6.09 Å². The molecule has 0 atom stereocenters. The molecule has 1 heterocycles. The highest BCUT2D eigenvalue weighted by molar-refractivity contribution is 5.98. The number of hydrogen-bond donors (Lipinski definition) is 0. The average molecular weight is 301 g/mol. The van der Waals surface area contributed by atoms with E-state index >= 15 is 0 Å². The Morgan fingerprint density at radius 2 is 1.39 bits per heavy atom. The predicted octanol–water partition coefficient (Wildman–Crippen LogP) is 4.87. The molecule has 1 aliphatic rings. The van der Waals surface area contributed by atoms with E-state index in [-0.39, 0.29) is 6.09 Å². The third-order valence-corrected chi connectivity index (χ3v) is 3.97. The summed E-state index contributed by atoms with van der Waals surface area (Å²) >= 11 is 0. The van der Waals surface area contributed by atoms with Gasteiger partial charge in [0.25, 0.3) is 0 Å². The second-order valence-electron chi connectivity index (χ2n) is 5.45. The lowest BCUT2D eigenvalue weighted by molar-refractivity contribution is 0.208. The van der Waals surface area contributed by atoms with Gasteiger partial charge in [0.15, 0.2) is 0 Å². The highest BCUT2D eigenvalue weighted by Crippen LogP contribution is 2.40. The van der Waals surface area contributed by atoms with Gasteiger partial charge in [-0.25, -0.2) is 4.79 Å². The van der Waals surface area contributed by atoms with E-state index < -0.39 is 0 Å². The molecule has 23 heavy (non-hydrogen) atoms. The van der Waals surface area contributed by atoms with Crippen molar-refractivity contribution >= 4 is 11.8 Å². The van der Waals surface area contributed by atoms with Gasteiger partial charge in [-0.15, -0.1) is 0 Å². The molecule has 0 saturated heterocycles. The monoisotopic (exact) mass is 301 g/mol. The van der Waals surface area contributed by atoms with E-state index in [0.29, 0.717) is 12.3 Å². The van der Waals surface area contributed by atoms with Crippen molar-refractivity contribution in [1.29, 1.82) is 0 Å². The minimum atomic E-state index is -0.355. The second kappa shape index (κ2) is 5.61. The minimum Gasteiger partial charge on any atom is -0.409 e. The number of carbonyl (C=O) groups excluding carboxylic acids is 1. The van der Waals surface area contributed by atoms with E-state index in [0.717, 1.165) is 22.4 Å². The van der Waals surface area contributed by atoms with Crippen molar-refractivity contribution in [1.82, 2.24) is 0 Å².